The molecule has 0 radical (unpaired) electrons. The van der Waals surface area contributed by atoms with Crippen molar-refractivity contribution in [1.29, 1.82) is 0 Å². The Kier molecular flexibility index (Phi) is 3.15. The molecule has 3 aromatic rings. The van der Waals surface area contributed by atoms with Crippen LogP contribution >= 0.6 is 0 Å². The largest absolute Gasteiger partial charge is 0.399 e. The van der Waals surface area contributed by atoms with Gasteiger partial charge in [0.2, 0.25) is 5.95 Å². The summed E-state index contributed by atoms with van der Waals surface area (Å²) in [5.74, 6) is 0.0627. The Balaban J connectivity index is 1.84. The molecular formula is C14H14N6O. The van der Waals surface area contributed by atoms with Crippen LogP contribution in [0.25, 0.3) is 11.0 Å². The van der Waals surface area contributed by atoms with Crippen LogP contribution in [-0.4, -0.2) is 15.0 Å². The van der Waals surface area contributed by atoms with Gasteiger partial charge >= 0.3 is 0 Å². The lowest BCUT2D eigenvalue weighted by atomic mass is 10.2. The number of anilines is 3. The van der Waals surface area contributed by atoms with Crippen molar-refractivity contribution < 1.29 is 0 Å². The summed E-state index contributed by atoms with van der Waals surface area (Å²) >= 11 is 0. The summed E-state index contributed by atoms with van der Waals surface area (Å²) in [5, 5.41) is 3.65. The third-order valence-corrected chi connectivity index (χ3v) is 3.04. The summed E-state index contributed by atoms with van der Waals surface area (Å²) in [6.07, 6.45) is 1.67. The second-order valence-corrected chi connectivity index (χ2v) is 4.64. The highest BCUT2D eigenvalue weighted by molar-refractivity contribution is 5.74. The van der Waals surface area contributed by atoms with Gasteiger partial charge in [-0.25, -0.2) is 4.98 Å². The molecular weight excluding hydrogens is 268 g/mol. The van der Waals surface area contributed by atoms with Gasteiger partial charge < -0.3 is 16.8 Å². The van der Waals surface area contributed by atoms with Crippen LogP contribution in [0.15, 0.2) is 41.3 Å². The van der Waals surface area contributed by atoms with E-state index >= 15 is 0 Å². The maximum Gasteiger partial charge on any atom is 0.261 e. The third kappa shape index (κ3) is 2.76. The molecule has 0 fully saturated rings. The number of H-pyrrole nitrogens is 1. The number of pyridine rings is 1. The van der Waals surface area contributed by atoms with Crippen LogP contribution < -0.4 is 22.3 Å². The first-order valence-corrected chi connectivity index (χ1v) is 6.35. The molecule has 0 aliphatic heterocycles. The van der Waals surface area contributed by atoms with E-state index in [4.69, 9.17) is 11.5 Å². The van der Waals surface area contributed by atoms with Gasteiger partial charge in [0.1, 0.15) is 0 Å². The molecule has 1 aromatic carbocycles. The van der Waals surface area contributed by atoms with Gasteiger partial charge in [-0.2, -0.15) is 4.98 Å². The van der Waals surface area contributed by atoms with Gasteiger partial charge in [-0.05, 0) is 35.9 Å². The van der Waals surface area contributed by atoms with Gasteiger partial charge in [-0.15, -0.1) is 0 Å². The molecule has 0 unspecified atom stereocenters. The number of rotatable bonds is 3. The summed E-state index contributed by atoms with van der Waals surface area (Å²) in [7, 11) is 0. The van der Waals surface area contributed by atoms with Crippen LogP contribution in [-0.2, 0) is 6.54 Å². The second kappa shape index (κ2) is 5.12. The van der Waals surface area contributed by atoms with Crippen molar-refractivity contribution in [1.82, 2.24) is 15.0 Å². The number of fused-ring (bicyclic) bond motifs is 1. The zero-order chi connectivity index (χ0) is 14.8. The van der Waals surface area contributed by atoms with Gasteiger partial charge in [0, 0.05) is 24.1 Å². The SMILES string of the molecule is Nc1ccc(NCc2cnc3nc(N)[nH]c(=O)c3c2)cc1. The number of nitrogens with one attached hydrogen (secondary N) is 2. The lowest BCUT2D eigenvalue weighted by Gasteiger charge is -2.07. The van der Waals surface area contributed by atoms with Crippen LogP contribution in [0.3, 0.4) is 0 Å². The molecule has 0 saturated carbocycles. The van der Waals surface area contributed by atoms with Crippen molar-refractivity contribution in [3.63, 3.8) is 0 Å². The number of nitrogen functional groups attached to an aromatic ring is 2. The average molecular weight is 282 g/mol. The van der Waals surface area contributed by atoms with Crippen LogP contribution in [0.2, 0.25) is 0 Å². The van der Waals surface area contributed by atoms with Crippen molar-refractivity contribution in [2.45, 2.75) is 6.54 Å². The zero-order valence-electron chi connectivity index (χ0n) is 11.1. The van der Waals surface area contributed by atoms with Gasteiger partial charge in [0.25, 0.3) is 5.56 Å². The maximum atomic E-state index is 11.8. The minimum absolute atomic E-state index is 0.0627. The van der Waals surface area contributed by atoms with E-state index in [1.165, 1.54) is 0 Å². The molecule has 7 heteroatoms. The van der Waals surface area contributed by atoms with Gasteiger partial charge in [0.15, 0.2) is 5.65 Å². The number of nitrogens with zero attached hydrogens (tertiary/aromatic N) is 2. The zero-order valence-corrected chi connectivity index (χ0v) is 11.1. The van der Waals surface area contributed by atoms with E-state index in [2.05, 4.69) is 20.3 Å². The Morgan fingerprint density at radius 1 is 1.19 bits per heavy atom. The maximum absolute atomic E-state index is 11.8. The van der Waals surface area contributed by atoms with E-state index in [9.17, 15) is 4.79 Å². The number of nitrogens with two attached hydrogens (primary N) is 2. The Hall–Kier alpha value is -3.09. The monoisotopic (exact) mass is 282 g/mol. The molecule has 0 atom stereocenters. The Bertz CT molecular complexity index is 840. The summed E-state index contributed by atoms with van der Waals surface area (Å²) in [5.41, 5.74) is 13.7. The Morgan fingerprint density at radius 2 is 1.95 bits per heavy atom. The van der Waals surface area contributed by atoms with E-state index in [1.54, 1.807) is 12.3 Å². The predicted molar refractivity (Wildman–Crippen MR) is 82.8 cm³/mol. The Morgan fingerprint density at radius 3 is 2.71 bits per heavy atom. The molecule has 2 aromatic heterocycles. The number of aromatic amines is 1. The number of benzene rings is 1. The predicted octanol–water partition coefficient (Wildman–Crippen LogP) is 1.09. The molecule has 6 N–H and O–H groups in total. The molecule has 2 heterocycles. The molecule has 106 valence electrons. The molecule has 0 aliphatic rings. The lowest BCUT2D eigenvalue weighted by Crippen LogP contribution is -2.12. The molecule has 21 heavy (non-hydrogen) atoms. The first-order chi connectivity index (χ1) is 10.1. The Labute approximate surface area is 120 Å². The van der Waals surface area contributed by atoms with Crippen molar-refractivity contribution >= 4 is 28.4 Å². The molecule has 0 bridgehead atoms. The van der Waals surface area contributed by atoms with Crippen molar-refractivity contribution in [3.8, 4) is 0 Å². The van der Waals surface area contributed by atoms with E-state index in [0.29, 0.717) is 23.3 Å². The molecule has 7 nitrogen and oxygen atoms in total. The molecule has 0 spiro atoms. The highest BCUT2D eigenvalue weighted by atomic mass is 16.1. The standard InChI is InChI=1S/C14H14N6O/c15-9-1-3-10(4-2-9)17-6-8-5-11-12(18-7-8)19-14(16)20-13(11)21/h1-5,7,17H,6,15H2,(H3,16,18,19,20,21). The van der Waals surface area contributed by atoms with E-state index in [0.717, 1.165) is 11.3 Å². The summed E-state index contributed by atoms with van der Waals surface area (Å²) in [4.78, 5) is 22.4. The molecule has 0 saturated heterocycles. The lowest BCUT2D eigenvalue weighted by molar-refractivity contribution is 1.10. The van der Waals surface area contributed by atoms with E-state index < -0.39 is 0 Å². The van der Waals surface area contributed by atoms with Crippen molar-refractivity contribution in [2.24, 2.45) is 0 Å². The van der Waals surface area contributed by atoms with Gasteiger partial charge in [-0.3, -0.25) is 9.78 Å². The first kappa shape index (κ1) is 12.9. The number of hydrogen-bond acceptors (Lipinski definition) is 6. The number of aromatic nitrogens is 3. The minimum Gasteiger partial charge on any atom is -0.399 e. The van der Waals surface area contributed by atoms with E-state index in [1.807, 2.05) is 24.3 Å². The van der Waals surface area contributed by atoms with Crippen LogP contribution in [0.5, 0.6) is 0 Å². The fraction of sp³-hybridized carbons (Fsp3) is 0.0714. The van der Waals surface area contributed by atoms with Crippen LogP contribution in [0.1, 0.15) is 5.56 Å². The van der Waals surface area contributed by atoms with E-state index in [-0.39, 0.29) is 11.5 Å². The fourth-order valence-electron chi connectivity index (χ4n) is 1.98. The topological polar surface area (TPSA) is 123 Å². The minimum atomic E-state index is -0.292. The second-order valence-electron chi connectivity index (χ2n) is 4.64. The molecule has 3 rings (SSSR count). The fourth-order valence-corrected chi connectivity index (χ4v) is 1.98. The summed E-state index contributed by atoms with van der Waals surface area (Å²) in [6.45, 7) is 0.538. The van der Waals surface area contributed by atoms with Crippen molar-refractivity contribution in [2.75, 3.05) is 16.8 Å². The molecule has 0 amide bonds. The highest BCUT2D eigenvalue weighted by Gasteiger charge is 2.04. The highest BCUT2D eigenvalue weighted by Crippen LogP contribution is 2.13. The third-order valence-electron chi connectivity index (χ3n) is 3.04. The smallest absolute Gasteiger partial charge is 0.261 e. The number of hydrogen-bond donors (Lipinski definition) is 4. The average Bonchev–Trinajstić information content (AvgIpc) is 2.47. The first-order valence-electron chi connectivity index (χ1n) is 6.35. The summed E-state index contributed by atoms with van der Waals surface area (Å²) in [6, 6.07) is 9.16. The van der Waals surface area contributed by atoms with Gasteiger partial charge in [-0.1, -0.05) is 0 Å². The van der Waals surface area contributed by atoms with Crippen molar-refractivity contribution in [3.05, 3.63) is 52.4 Å². The quantitative estimate of drug-likeness (QED) is 0.533. The normalized spacial score (nSPS) is 10.7. The van der Waals surface area contributed by atoms with Gasteiger partial charge in [0.05, 0.1) is 5.39 Å². The molecule has 0 aliphatic carbocycles. The summed E-state index contributed by atoms with van der Waals surface area (Å²) < 4.78 is 0. The van der Waals surface area contributed by atoms with Crippen LogP contribution in [0.4, 0.5) is 17.3 Å². The van der Waals surface area contributed by atoms with Crippen LogP contribution in [0, 0.1) is 0 Å².